The van der Waals surface area contributed by atoms with E-state index in [1.54, 1.807) is 0 Å². The van der Waals surface area contributed by atoms with Gasteiger partial charge in [-0.15, -0.1) is 0 Å². The highest BCUT2D eigenvalue weighted by Crippen LogP contribution is 2.72. The number of rotatable bonds is 2. The molecule has 1 saturated heterocycles. The minimum atomic E-state index is -0.493. The van der Waals surface area contributed by atoms with Gasteiger partial charge in [-0.2, -0.15) is 0 Å². The third-order valence-corrected chi connectivity index (χ3v) is 11.1. The molecule has 0 aromatic carbocycles. The van der Waals surface area contributed by atoms with Gasteiger partial charge in [0.05, 0.1) is 12.0 Å². The molecule has 3 fully saturated rings. The molecular formula is C30H42O4. The normalized spacial score (nSPS) is 49.0. The minimum Gasteiger partial charge on any atom is -0.458 e. The Labute approximate surface area is 204 Å². The lowest BCUT2D eigenvalue weighted by Crippen LogP contribution is -2.63. The van der Waals surface area contributed by atoms with Gasteiger partial charge in [-0.1, -0.05) is 57.9 Å². The van der Waals surface area contributed by atoms with E-state index in [-0.39, 0.29) is 57.8 Å². The smallest absolute Gasteiger partial charge is 0.310 e. The van der Waals surface area contributed by atoms with Gasteiger partial charge in [-0.05, 0) is 80.3 Å². The average molecular weight is 467 g/mol. The van der Waals surface area contributed by atoms with Crippen LogP contribution in [0.4, 0.5) is 0 Å². The van der Waals surface area contributed by atoms with Crippen LogP contribution < -0.4 is 0 Å². The first-order valence-corrected chi connectivity index (χ1v) is 13.2. The van der Waals surface area contributed by atoms with Crippen LogP contribution in [0, 0.1) is 45.3 Å². The number of carbonyl (C=O) groups is 2. The summed E-state index contributed by atoms with van der Waals surface area (Å²) in [5.74, 6) is 0.655. The molecule has 1 aliphatic heterocycles. The summed E-state index contributed by atoms with van der Waals surface area (Å²) in [4.78, 5) is 25.8. The van der Waals surface area contributed by atoms with Crippen molar-refractivity contribution in [2.24, 2.45) is 45.3 Å². The summed E-state index contributed by atoms with van der Waals surface area (Å²) < 4.78 is 5.77. The van der Waals surface area contributed by atoms with Crippen LogP contribution in [0.3, 0.4) is 0 Å². The fourth-order valence-corrected chi connectivity index (χ4v) is 9.35. The molecule has 4 heteroatoms. The second-order valence-electron chi connectivity index (χ2n) is 13.4. The standard InChI is InChI=1S/C30H42O4/c1-17(2)14-18-15-19(26(33)34-18)20-8-9-21-28(20,5)12-10-22-29(6)13-11-24(31)27(3,4)23(29)16-25(32)30(21,22)7/h9,11,13-14,18-20,22-23,25,32H,8,10,12,15-16H2,1-7H3. The van der Waals surface area contributed by atoms with Gasteiger partial charge in [0.2, 0.25) is 0 Å². The van der Waals surface area contributed by atoms with Crippen LogP contribution in [0.15, 0.2) is 35.5 Å². The summed E-state index contributed by atoms with van der Waals surface area (Å²) in [6.07, 6.45) is 12.1. The number of fused-ring (bicyclic) bond motifs is 5. The van der Waals surface area contributed by atoms with Crippen molar-refractivity contribution in [2.45, 2.75) is 92.8 Å². The summed E-state index contributed by atoms with van der Waals surface area (Å²) in [5, 5.41) is 11.8. The number of esters is 1. The van der Waals surface area contributed by atoms with E-state index >= 15 is 0 Å². The monoisotopic (exact) mass is 466 g/mol. The largest absolute Gasteiger partial charge is 0.458 e. The highest BCUT2D eigenvalue weighted by atomic mass is 16.5. The van der Waals surface area contributed by atoms with Crippen molar-refractivity contribution in [3.05, 3.63) is 35.5 Å². The molecular weight excluding hydrogens is 424 g/mol. The third kappa shape index (κ3) is 2.99. The Bertz CT molecular complexity index is 1010. The Morgan fingerprint density at radius 2 is 1.79 bits per heavy atom. The van der Waals surface area contributed by atoms with Gasteiger partial charge >= 0.3 is 5.97 Å². The Balaban J connectivity index is 1.50. The van der Waals surface area contributed by atoms with Crippen molar-refractivity contribution in [3.8, 4) is 0 Å². The molecule has 0 aromatic rings. The number of ether oxygens (including phenoxy) is 1. The zero-order valence-corrected chi connectivity index (χ0v) is 22.0. The van der Waals surface area contributed by atoms with Gasteiger partial charge in [0, 0.05) is 17.3 Å². The van der Waals surface area contributed by atoms with Crippen LogP contribution in [0.2, 0.25) is 0 Å². The Morgan fingerprint density at radius 3 is 2.47 bits per heavy atom. The molecule has 4 nitrogen and oxygen atoms in total. The molecule has 1 heterocycles. The van der Waals surface area contributed by atoms with E-state index in [1.165, 1.54) is 11.1 Å². The van der Waals surface area contributed by atoms with Crippen molar-refractivity contribution in [2.75, 3.05) is 0 Å². The van der Waals surface area contributed by atoms with Gasteiger partial charge in [-0.25, -0.2) is 0 Å². The molecule has 5 rings (SSSR count). The van der Waals surface area contributed by atoms with Crippen LogP contribution in [-0.4, -0.2) is 29.1 Å². The van der Waals surface area contributed by atoms with Crippen molar-refractivity contribution >= 4 is 11.8 Å². The summed E-state index contributed by atoms with van der Waals surface area (Å²) >= 11 is 0. The van der Waals surface area contributed by atoms with E-state index in [0.29, 0.717) is 6.42 Å². The Kier molecular flexibility index (Phi) is 5.24. The lowest BCUT2D eigenvalue weighted by molar-refractivity contribution is -0.166. The number of hydrogen-bond acceptors (Lipinski definition) is 4. The maximum atomic E-state index is 13.0. The maximum Gasteiger partial charge on any atom is 0.310 e. The highest BCUT2D eigenvalue weighted by Gasteiger charge is 2.68. The average Bonchev–Trinajstić information content (AvgIpc) is 3.26. The molecule has 0 amide bonds. The number of aliphatic hydroxyl groups is 1. The topological polar surface area (TPSA) is 63.6 Å². The molecule has 0 spiro atoms. The van der Waals surface area contributed by atoms with Crippen LogP contribution in [-0.2, 0) is 14.3 Å². The van der Waals surface area contributed by atoms with E-state index in [9.17, 15) is 14.7 Å². The van der Waals surface area contributed by atoms with Crippen LogP contribution in [0.5, 0.6) is 0 Å². The molecule has 2 saturated carbocycles. The molecule has 5 aliphatic rings. The van der Waals surface area contributed by atoms with Gasteiger partial charge in [0.1, 0.15) is 6.10 Å². The van der Waals surface area contributed by atoms with E-state index in [4.69, 9.17) is 4.74 Å². The quantitative estimate of drug-likeness (QED) is 0.412. The van der Waals surface area contributed by atoms with Crippen molar-refractivity contribution in [1.82, 2.24) is 0 Å². The number of hydrogen-bond donors (Lipinski definition) is 1. The third-order valence-electron chi connectivity index (χ3n) is 11.1. The van der Waals surface area contributed by atoms with E-state index in [0.717, 1.165) is 25.7 Å². The van der Waals surface area contributed by atoms with Crippen LogP contribution in [0.25, 0.3) is 0 Å². The van der Waals surface area contributed by atoms with Gasteiger partial charge in [0.25, 0.3) is 0 Å². The summed E-state index contributed by atoms with van der Waals surface area (Å²) in [6.45, 7) is 15.1. The minimum absolute atomic E-state index is 0.0534. The first-order chi connectivity index (χ1) is 15.8. The molecule has 0 radical (unpaired) electrons. The second-order valence-corrected chi connectivity index (χ2v) is 13.4. The van der Waals surface area contributed by atoms with Crippen LogP contribution >= 0.6 is 0 Å². The van der Waals surface area contributed by atoms with E-state index < -0.39 is 11.5 Å². The summed E-state index contributed by atoms with van der Waals surface area (Å²) in [6, 6.07) is 0. The first kappa shape index (κ1) is 24.0. The fraction of sp³-hybridized carbons (Fsp3) is 0.733. The molecule has 34 heavy (non-hydrogen) atoms. The zero-order chi connectivity index (χ0) is 24.8. The molecule has 0 bridgehead atoms. The first-order valence-electron chi connectivity index (χ1n) is 13.2. The van der Waals surface area contributed by atoms with Crippen LogP contribution in [0.1, 0.15) is 80.6 Å². The highest BCUT2D eigenvalue weighted by molar-refractivity contribution is 5.95. The van der Waals surface area contributed by atoms with Gasteiger partial charge in [-0.3, -0.25) is 9.59 Å². The number of ketones is 1. The number of allylic oxidation sites excluding steroid dienone is 4. The predicted molar refractivity (Wildman–Crippen MR) is 133 cm³/mol. The molecule has 1 N–H and O–H groups in total. The second kappa shape index (κ2) is 7.41. The molecule has 186 valence electrons. The van der Waals surface area contributed by atoms with Crippen molar-refractivity contribution in [1.29, 1.82) is 0 Å². The predicted octanol–water partition coefficient (Wildman–Crippen LogP) is 5.81. The number of carbonyl (C=O) groups excluding carboxylic acids is 2. The zero-order valence-electron chi connectivity index (χ0n) is 22.0. The summed E-state index contributed by atoms with van der Waals surface area (Å²) in [5.41, 5.74) is 1.48. The number of cyclic esters (lactones) is 1. The Hall–Kier alpha value is -1.68. The van der Waals surface area contributed by atoms with Crippen molar-refractivity contribution < 1.29 is 19.4 Å². The van der Waals surface area contributed by atoms with Gasteiger partial charge in [0.15, 0.2) is 5.78 Å². The van der Waals surface area contributed by atoms with Crippen molar-refractivity contribution in [3.63, 3.8) is 0 Å². The Morgan fingerprint density at radius 1 is 1.09 bits per heavy atom. The van der Waals surface area contributed by atoms with E-state index in [1.807, 2.05) is 19.9 Å². The molecule has 0 aromatic heterocycles. The lowest BCUT2D eigenvalue weighted by atomic mass is 9.38. The molecule has 9 atom stereocenters. The molecule has 9 unspecified atom stereocenters. The van der Waals surface area contributed by atoms with E-state index in [2.05, 4.69) is 52.8 Å². The lowest BCUT2D eigenvalue weighted by Gasteiger charge is -2.66. The van der Waals surface area contributed by atoms with Gasteiger partial charge < -0.3 is 9.84 Å². The molecule has 4 aliphatic carbocycles. The summed E-state index contributed by atoms with van der Waals surface area (Å²) in [7, 11) is 0. The maximum absolute atomic E-state index is 13.0. The number of aliphatic hydroxyl groups excluding tert-OH is 1. The SMILES string of the molecule is CC(C)=CC1CC(C2CC=C3C2(C)CCC2C4(C)C=CC(=O)C(C)(C)C4CC(O)C32C)C(=O)O1. The fourth-order valence-electron chi connectivity index (χ4n) is 9.35.